The van der Waals surface area contributed by atoms with E-state index in [2.05, 4.69) is 9.72 Å². The molecule has 2 aromatic carbocycles. The van der Waals surface area contributed by atoms with Crippen LogP contribution < -0.4 is 14.4 Å². The monoisotopic (exact) mass is 467 g/mol. The number of carbonyl (C=O) groups is 1. The molecule has 10 heteroatoms. The average Bonchev–Trinajstić information content (AvgIpc) is 3.14. The van der Waals surface area contributed by atoms with Gasteiger partial charge in [-0.15, -0.1) is 13.2 Å². The van der Waals surface area contributed by atoms with Crippen molar-refractivity contribution in [1.82, 2.24) is 9.88 Å². The number of methoxy groups -OCH3 is 1. The van der Waals surface area contributed by atoms with Crippen LogP contribution in [-0.4, -0.2) is 56.4 Å². The van der Waals surface area contributed by atoms with Crippen LogP contribution in [0.5, 0.6) is 11.5 Å². The summed E-state index contributed by atoms with van der Waals surface area (Å²) in [6.45, 7) is 1.03. The van der Waals surface area contributed by atoms with Crippen LogP contribution >= 0.6 is 11.3 Å². The summed E-state index contributed by atoms with van der Waals surface area (Å²) in [5, 5.41) is 0.450. The molecule has 0 saturated carbocycles. The Labute approximate surface area is 188 Å². The van der Waals surface area contributed by atoms with Crippen molar-refractivity contribution in [3.8, 4) is 11.5 Å². The maximum Gasteiger partial charge on any atom is 0.573 e. The summed E-state index contributed by atoms with van der Waals surface area (Å²) in [7, 11) is 5.40. The van der Waals surface area contributed by atoms with Gasteiger partial charge in [0.1, 0.15) is 11.5 Å². The first-order valence-electron chi connectivity index (χ1n) is 9.89. The van der Waals surface area contributed by atoms with Gasteiger partial charge in [0, 0.05) is 25.6 Å². The third kappa shape index (κ3) is 6.57. The van der Waals surface area contributed by atoms with Crippen molar-refractivity contribution in [2.24, 2.45) is 0 Å². The molecular formula is C22H24F3N3O3S. The predicted molar refractivity (Wildman–Crippen MR) is 119 cm³/mol. The van der Waals surface area contributed by atoms with Crippen LogP contribution in [0, 0.1) is 0 Å². The number of likely N-dealkylation sites (N-methyl/N-ethyl adjacent to an activating group) is 1. The van der Waals surface area contributed by atoms with E-state index >= 15 is 0 Å². The van der Waals surface area contributed by atoms with E-state index in [0.717, 1.165) is 22.6 Å². The van der Waals surface area contributed by atoms with Crippen molar-refractivity contribution in [2.45, 2.75) is 19.2 Å². The maximum atomic E-state index is 13.1. The molecule has 0 atom stereocenters. The van der Waals surface area contributed by atoms with Gasteiger partial charge in [0.2, 0.25) is 5.91 Å². The normalized spacial score (nSPS) is 11.7. The van der Waals surface area contributed by atoms with Crippen molar-refractivity contribution in [1.29, 1.82) is 0 Å². The molecule has 0 aliphatic carbocycles. The van der Waals surface area contributed by atoms with Gasteiger partial charge in [0.05, 0.1) is 17.3 Å². The molecule has 0 spiro atoms. The number of anilines is 1. The van der Waals surface area contributed by atoms with Gasteiger partial charge < -0.3 is 14.4 Å². The van der Waals surface area contributed by atoms with Crippen molar-refractivity contribution < 1.29 is 27.4 Å². The lowest BCUT2D eigenvalue weighted by molar-refractivity contribution is -0.274. The standard InChI is InChI=1S/C22H24F3N3O3S/c1-27(2)12-13-28(20(29)11-6-15-4-7-16(30-3)8-5-15)21-26-18-10-9-17(14-19(18)32-21)31-22(23,24)25/h4-5,7-10,14H,6,11-13H2,1-3H3. The summed E-state index contributed by atoms with van der Waals surface area (Å²) in [5.41, 5.74) is 1.52. The molecule has 0 radical (unpaired) electrons. The highest BCUT2D eigenvalue weighted by Gasteiger charge is 2.31. The lowest BCUT2D eigenvalue weighted by atomic mass is 10.1. The minimum atomic E-state index is -4.77. The molecule has 6 nitrogen and oxygen atoms in total. The number of rotatable bonds is 9. The summed E-state index contributed by atoms with van der Waals surface area (Å²) >= 11 is 1.16. The van der Waals surface area contributed by atoms with Gasteiger partial charge in [-0.1, -0.05) is 23.5 Å². The fourth-order valence-corrected chi connectivity index (χ4v) is 4.05. The number of aryl methyl sites for hydroxylation is 1. The molecule has 0 fully saturated rings. The number of carbonyl (C=O) groups excluding carboxylic acids is 1. The van der Waals surface area contributed by atoms with Crippen LogP contribution in [0.1, 0.15) is 12.0 Å². The SMILES string of the molecule is COc1ccc(CCC(=O)N(CCN(C)C)c2nc3ccc(OC(F)(F)F)cc3s2)cc1. The highest BCUT2D eigenvalue weighted by Crippen LogP contribution is 2.33. The first-order valence-corrected chi connectivity index (χ1v) is 10.7. The zero-order valence-corrected chi connectivity index (χ0v) is 18.8. The number of nitrogens with zero attached hydrogens (tertiary/aromatic N) is 3. The van der Waals surface area contributed by atoms with Gasteiger partial charge in [0.15, 0.2) is 5.13 Å². The third-order valence-electron chi connectivity index (χ3n) is 4.67. The van der Waals surface area contributed by atoms with Crippen LogP contribution in [-0.2, 0) is 11.2 Å². The smallest absolute Gasteiger partial charge is 0.497 e. The van der Waals surface area contributed by atoms with Crippen molar-refractivity contribution in [2.75, 3.05) is 39.2 Å². The van der Waals surface area contributed by atoms with E-state index in [1.54, 1.807) is 12.0 Å². The Bertz CT molecular complexity index is 1050. The molecule has 0 unspecified atom stereocenters. The molecule has 0 N–H and O–H groups in total. The topological polar surface area (TPSA) is 54.9 Å². The van der Waals surface area contributed by atoms with Gasteiger partial charge in [-0.3, -0.25) is 9.69 Å². The number of hydrogen-bond donors (Lipinski definition) is 0. The summed E-state index contributed by atoms with van der Waals surface area (Å²) in [4.78, 5) is 21.1. The van der Waals surface area contributed by atoms with Crippen LogP contribution in [0.3, 0.4) is 0 Å². The second-order valence-electron chi connectivity index (χ2n) is 7.37. The molecule has 1 aromatic heterocycles. The Hall–Kier alpha value is -2.85. The summed E-state index contributed by atoms with van der Waals surface area (Å²) in [6.07, 6.45) is -3.94. The maximum absolute atomic E-state index is 13.1. The minimum absolute atomic E-state index is 0.103. The number of aromatic nitrogens is 1. The summed E-state index contributed by atoms with van der Waals surface area (Å²) in [6, 6.07) is 11.5. The van der Waals surface area contributed by atoms with Crippen molar-refractivity contribution in [3.05, 3.63) is 48.0 Å². The second-order valence-corrected chi connectivity index (χ2v) is 8.38. The number of ether oxygens (including phenoxy) is 2. The van der Waals surface area contributed by atoms with E-state index in [0.29, 0.717) is 34.9 Å². The number of halogens is 3. The fourth-order valence-electron chi connectivity index (χ4n) is 3.01. The zero-order chi connectivity index (χ0) is 23.3. The average molecular weight is 468 g/mol. The fraction of sp³-hybridized carbons (Fsp3) is 0.364. The van der Waals surface area contributed by atoms with E-state index in [1.807, 2.05) is 43.3 Å². The van der Waals surface area contributed by atoms with E-state index in [-0.39, 0.29) is 18.1 Å². The minimum Gasteiger partial charge on any atom is -0.497 e. The van der Waals surface area contributed by atoms with E-state index in [1.165, 1.54) is 18.2 Å². The van der Waals surface area contributed by atoms with Crippen LogP contribution in [0.4, 0.5) is 18.3 Å². The first kappa shape index (κ1) is 23.8. The molecule has 3 aromatic rings. The Morgan fingerprint density at radius 3 is 2.38 bits per heavy atom. The van der Waals surface area contributed by atoms with E-state index in [9.17, 15) is 18.0 Å². The number of hydrogen-bond acceptors (Lipinski definition) is 6. The number of thiazole rings is 1. The van der Waals surface area contributed by atoms with Gasteiger partial charge in [0.25, 0.3) is 0 Å². The quantitative estimate of drug-likeness (QED) is 0.455. The number of fused-ring (bicyclic) bond motifs is 1. The second kappa shape index (κ2) is 10.2. The Kier molecular flexibility index (Phi) is 7.57. The summed E-state index contributed by atoms with van der Waals surface area (Å²) < 4.78 is 47.2. The molecule has 1 heterocycles. The first-order chi connectivity index (χ1) is 15.1. The van der Waals surface area contributed by atoms with Crippen LogP contribution in [0.15, 0.2) is 42.5 Å². The number of alkyl halides is 3. The lowest BCUT2D eigenvalue weighted by Gasteiger charge is -2.22. The summed E-state index contributed by atoms with van der Waals surface area (Å²) in [5.74, 6) is 0.329. The Morgan fingerprint density at radius 1 is 1.06 bits per heavy atom. The van der Waals surface area contributed by atoms with Gasteiger partial charge in [-0.25, -0.2) is 4.98 Å². The third-order valence-corrected chi connectivity index (χ3v) is 5.71. The molecule has 0 bridgehead atoms. The molecule has 0 aliphatic rings. The van der Waals surface area contributed by atoms with Gasteiger partial charge in [-0.2, -0.15) is 0 Å². The van der Waals surface area contributed by atoms with Gasteiger partial charge >= 0.3 is 6.36 Å². The van der Waals surface area contributed by atoms with E-state index in [4.69, 9.17) is 4.74 Å². The molecule has 0 saturated heterocycles. The largest absolute Gasteiger partial charge is 0.573 e. The lowest BCUT2D eigenvalue weighted by Crippen LogP contribution is -2.36. The molecular weight excluding hydrogens is 443 g/mol. The molecule has 3 rings (SSSR count). The van der Waals surface area contributed by atoms with Crippen molar-refractivity contribution in [3.63, 3.8) is 0 Å². The molecule has 1 amide bonds. The highest BCUT2D eigenvalue weighted by atomic mass is 32.1. The van der Waals surface area contributed by atoms with Gasteiger partial charge in [-0.05, 0) is 50.3 Å². The predicted octanol–water partition coefficient (Wildman–Crippen LogP) is 4.73. The van der Waals surface area contributed by atoms with E-state index < -0.39 is 6.36 Å². The Morgan fingerprint density at radius 2 is 1.75 bits per heavy atom. The zero-order valence-electron chi connectivity index (χ0n) is 18.0. The van der Waals surface area contributed by atoms with Crippen LogP contribution in [0.25, 0.3) is 10.2 Å². The van der Waals surface area contributed by atoms with Crippen molar-refractivity contribution >= 4 is 32.6 Å². The number of benzene rings is 2. The highest BCUT2D eigenvalue weighted by molar-refractivity contribution is 7.22. The molecule has 32 heavy (non-hydrogen) atoms. The Balaban J connectivity index is 1.78. The van der Waals surface area contributed by atoms with Crippen LogP contribution in [0.2, 0.25) is 0 Å². The molecule has 0 aliphatic heterocycles. The molecule has 172 valence electrons. The number of amides is 1.